The molecule has 1 atom stereocenters. The number of nitrogens with zero attached hydrogens (tertiary/aromatic N) is 2. The van der Waals surface area contributed by atoms with Gasteiger partial charge in [-0.3, -0.25) is 4.79 Å². The lowest BCUT2D eigenvalue weighted by Gasteiger charge is -2.37. The summed E-state index contributed by atoms with van der Waals surface area (Å²) in [5, 5.41) is 2.02. The molecule has 3 aromatic carbocycles. The maximum atomic E-state index is 13.2. The summed E-state index contributed by atoms with van der Waals surface area (Å²) < 4.78 is 17.3. The molecule has 3 aromatic rings. The summed E-state index contributed by atoms with van der Waals surface area (Å²) in [5.74, 6) is 3.06. The van der Waals surface area contributed by atoms with E-state index in [-0.39, 0.29) is 18.3 Å². The Morgan fingerprint density at radius 1 is 0.949 bits per heavy atom. The molecule has 0 saturated carbocycles. The zero-order valence-corrected chi connectivity index (χ0v) is 24.4. The average molecular weight is 553 g/mol. The first-order chi connectivity index (χ1) is 18.5. The van der Waals surface area contributed by atoms with E-state index in [1.807, 2.05) is 30.3 Å². The summed E-state index contributed by atoms with van der Waals surface area (Å²) in [7, 11) is 3.32. The number of aryl methyl sites for hydroxylation is 2. The number of amides is 1. The second-order valence-corrected chi connectivity index (χ2v) is 10.8. The summed E-state index contributed by atoms with van der Waals surface area (Å²) in [5.41, 5.74) is 4.60. The lowest BCUT2D eigenvalue weighted by atomic mass is 9.92. The van der Waals surface area contributed by atoms with Gasteiger partial charge in [-0.05, 0) is 92.9 Å². The first-order valence-corrected chi connectivity index (χ1v) is 13.9. The smallest absolute Gasteiger partial charge is 0.254 e. The van der Waals surface area contributed by atoms with Crippen molar-refractivity contribution in [2.45, 2.75) is 39.5 Å². The van der Waals surface area contributed by atoms with Gasteiger partial charge >= 0.3 is 0 Å². The zero-order chi connectivity index (χ0) is 26.6. The Morgan fingerprint density at radius 2 is 1.77 bits per heavy atom. The van der Waals surface area contributed by atoms with Crippen molar-refractivity contribution in [3.63, 3.8) is 0 Å². The molecular weight excluding hydrogens is 512 g/mol. The summed E-state index contributed by atoms with van der Waals surface area (Å²) in [6.45, 7) is 9.76. The highest BCUT2D eigenvalue weighted by atomic mass is 35.5. The van der Waals surface area contributed by atoms with Crippen molar-refractivity contribution in [1.82, 2.24) is 9.80 Å². The molecule has 0 bridgehead atoms. The second kappa shape index (κ2) is 12.9. The number of methoxy groups -OCH3 is 2. The molecule has 0 radical (unpaired) electrons. The quantitative estimate of drug-likeness (QED) is 0.301. The Hall–Kier alpha value is -2.96. The van der Waals surface area contributed by atoms with Gasteiger partial charge in [0.2, 0.25) is 0 Å². The molecule has 1 unspecified atom stereocenters. The van der Waals surface area contributed by atoms with Crippen LogP contribution in [0.2, 0.25) is 0 Å². The van der Waals surface area contributed by atoms with Gasteiger partial charge in [0, 0.05) is 42.5 Å². The molecule has 2 heterocycles. The molecule has 0 aromatic heterocycles. The van der Waals surface area contributed by atoms with E-state index in [0.29, 0.717) is 12.5 Å². The standard InChI is InChI=1S/C32H40N2O4.ClH/c1-22-18-25-13-16-34(32(35)28(25)19-23(22)2)21-24-8-6-14-33(20-24)15-7-17-38-29-10-5-9-27-26(29)11-12-30(36-3)31(27)37-4;/h5,9-12,18-19,24H,6-8,13-17,20-21H2,1-4H3;1H. The molecule has 2 aliphatic heterocycles. The van der Waals surface area contributed by atoms with Crippen molar-refractivity contribution in [3.05, 3.63) is 64.7 Å². The van der Waals surface area contributed by atoms with E-state index < -0.39 is 0 Å². The highest BCUT2D eigenvalue weighted by molar-refractivity contribution is 5.97. The van der Waals surface area contributed by atoms with Gasteiger partial charge in [-0.2, -0.15) is 0 Å². The minimum atomic E-state index is 0. The monoisotopic (exact) mass is 552 g/mol. The third-order valence-electron chi connectivity index (χ3n) is 8.21. The Balaban J connectivity index is 0.00000353. The fraction of sp³-hybridized carbons (Fsp3) is 0.469. The van der Waals surface area contributed by atoms with Gasteiger partial charge in [-0.15, -0.1) is 12.4 Å². The van der Waals surface area contributed by atoms with Crippen LogP contribution in [0.4, 0.5) is 0 Å². The normalized spacial score (nSPS) is 17.5. The number of rotatable bonds is 9. The maximum Gasteiger partial charge on any atom is 0.254 e. The van der Waals surface area contributed by atoms with E-state index in [4.69, 9.17) is 14.2 Å². The van der Waals surface area contributed by atoms with Gasteiger partial charge in [0.05, 0.1) is 20.8 Å². The van der Waals surface area contributed by atoms with Crippen LogP contribution in [-0.4, -0.2) is 69.3 Å². The minimum absolute atomic E-state index is 0. The molecule has 7 heteroatoms. The average Bonchev–Trinajstić information content (AvgIpc) is 2.93. The summed E-state index contributed by atoms with van der Waals surface area (Å²) in [6.07, 6.45) is 4.30. The summed E-state index contributed by atoms with van der Waals surface area (Å²) in [4.78, 5) is 17.9. The molecule has 210 valence electrons. The zero-order valence-electron chi connectivity index (χ0n) is 23.6. The second-order valence-electron chi connectivity index (χ2n) is 10.8. The molecular formula is C32H41ClN2O4. The van der Waals surface area contributed by atoms with E-state index in [1.165, 1.54) is 29.5 Å². The number of likely N-dealkylation sites (tertiary alicyclic amines) is 1. The number of piperidine rings is 1. The topological polar surface area (TPSA) is 51.2 Å². The molecule has 6 nitrogen and oxygen atoms in total. The van der Waals surface area contributed by atoms with Crippen LogP contribution >= 0.6 is 12.4 Å². The molecule has 0 spiro atoms. The van der Waals surface area contributed by atoms with E-state index >= 15 is 0 Å². The van der Waals surface area contributed by atoms with E-state index in [9.17, 15) is 4.79 Å². The molecule has 39 heavy (non-hydrogen) atoms. The number of carbonyl (C=O) groups is 1. The van der Waals surface area contributed by atoms with E-state index in [2.05, 4.69) is 35.8 Å². The number of ether oxygens (including phenoxy) is 3. The molecule has 1 saturated heterocycles. The first kappa shape index (κ1) is 29.0. The molecule has 1 fully saturated rings. The molecule has 0 aliphatic carbocycles. The predicted octanol–water partition coefficient (Wildman–Crippen LogP) is 6.08. The van der Waals surface area contributed by atoms with Crippen molar-refractivity contribution < 1.29 is 19.0 Å². The van der Waals surface area contributed by atoms with Crippen molar-refractivity contribution >= 4 is 29.1 Å². The number of benzene rings is 3. The van der Waals surface area contributed by atoms with Crippen molar-refractivity contribution in [3.8, 4) is 17.2 Å². The van der Waals surface area contributed by atoms with Gasteiger partial charge in [0.15, 0.2) is 11.5 Å². The van der Waals surface area contributed by atoms with Gasteiger partial charge in [-0.1, -0.05) is 18.2 Å². The van der Waals surface area contributed by atoms with Gasteiger partial charge in [0.1, 0.15) is 5.75 Å². The van der Waals surface area contributed by atoms with Crippen LogP contribution in [0.15, 0.2) is 42.5 Å². The number of carbonyl (C=O) groups excluding carboxylic acids is 1. The SMILES string of the molecule is COc1ccc2c(OCCCN3CCCC(CN4CCc5cc(C)c(C)cc5C4=O)C3)cccc2c1OC.Cl. The van der Waals surface area contributed by atoms with Gasteiger partial charge in [-0.25, -0.2) is 0 Å². The minimum Gasteiger partial charge on any atom is -0.493 e. The summed E-state index contributed by atoms with van der Waals surface area (Å²) >= 11 is 0. The number of halogens is 1. The van der Waals surface area contributed by atoms with Crippen LogP contribution in [0.3, 0.4) is 0 Å². The van der Waals surface area contributed by atoms with Gasteiger partial charge < -0.3 is 24.0 Å². The lowest BCUT2D eigenvalue weighted by molar-refractivity contribution is 0.0658. The van der Waals surface area contributed by atoms with Crippen LogP contribution < -0.4 is 14.2 Å². The summed E-state index contributed by atoms with van der Waals surface area (Å²) in [6, 6.07) is 14.3. The Kier molecular flexibility index (Phi) is 9.62. The van der Waals surface area contributed by atoms with E-state index in [1.54, 1.807) is 14.2 Å². The van der Waals surface area contributed by atoms with Crippen molar-refractivity contribution in [2.75, 3.05) is 53.6 Å². The van der Waals surface area contributed by atoms with Crippen LogP contribution in [0.1, 0.15) is 46.3 Å². The predicted molar refractivity (Wildman–Crippen MR) is 159 cm³/mol. The lowest BCUT2D eigenvalue weighted by Crippen LogP contribution is -2.45. The van der Waals surface area contributed by atoms with Crippen molar-refractivity contribution in [1.29, 1.82) is 0 Å². The molecule has 2 aliphatic rings. The number of hydrogen-bond donors (Lipinski definition) is 0. The molecule has 1 amide bonds. The third-order valence-corrected chi connectivity index (χ3v) is 8.21. The van der Waals surface area contributed by atoms with Crippen LogP contribution in [0, 0.1) is 19.8 Å². The first-order valence-electron chi connectivity index (χ1n) is 13.9. The fourth-order valence-electron chi connectivity index (χ4n) is 6.05. The highest BCUT2D eigenvalue weighted by Gasteiger charge is 2.29. The van der Waals surface area contributed by atoms with Gasteiger partial charge in [0.25, 0.3) is 5.91 Å². The third kappa shape index (κ3) is 6.28. The number of fused-ring (bicyclic) bond motifs is 2. The largest absolute Gasteiger partial charge is 0.493 e. The van der Waals surface area contributed by atoms with E-state index in [0.717, 1.165) is 79.1 Å². The molecule has 0 N–H and O–H groups in total. The van der Waals surface area contributed by atoms with Crippen molar-refractivity contribution in [2.24, 2.45) is 5.92 Å². The maximum absolute atomic E-state index is 13.2. The van der Waals surface area contributed by atoms with Crippen LogP contribution in [0.25, 0.3) is 10.8 Å². The Bertz CT molecular complexity index is 1310. The Morgan fingerprint density at radius 3 is 2.56 bits per heavy atom. The fourth-order valence-corrected chi connectivity index (χ4v) is 6.05. The van der Waals surface area contributed by atoms with Crippen LogP contribution in [0.5, 0.6) is 17.2 Å². The highest BCUT2D eigenvalue weighted by Crippen LogP contribution is 2.39. The number of hydrogen-bond acceptors (Lipinski definition) is 5. The Labute approximate surface area is 238 Å². The molecule has 5 rings (SSSR count). The van der Waals surface area contributed by atoms with Crippen LogP contribution in [-0.2, 0) is 6.42 Å².